The molecule has 17 heavy (non-hydrogen) atoms. The lowest BCUT2D eigenvalue weighted by atomic mass is 10.1. The third-order valence-electron chi connectivity index (χ3n) is 3.25. The summed E-state index contributed by atoms with van der Waals surface area (Å²) in [6, 6.07) is 0. The number of anilines is 2. The van der Waals surface area contributed by atoms with Crippen LogP contribution in [-0.4, -0.2) is 48.6 Å². The first-order valence-corrected chi connectivity index (χ1v) is 5.80. The molecule has 0 aliphatic carbocycles. The van der Waals surface area contributed by atoms with E-state index in [0.717, 1.165) is 19.6 Å². The van der Waals surface area contributed by atoms with Gasteiger partial charge in [-0.25, -0.2) is 4.98 Å². The van der Waals surface area contributed by atoms with Crippen LogP contribution in [0.25, 0.3) is 0 Å². The molecule has 0 spiro atoms. The Hall–Kier alpha value is -1.56. The molecule has 0 saturated carbocycles. The van der Waals surface area contributed by atoms with E-state index in [0.29, 0.717) is 11.7 Å². The minimum absolute atomic E-state index is 0.196. The van der Waals surface area contributed by atoms with Gasteiger partial charge in [0.2, 0.25) is 0 Å². The molecular formula is C11H19N5O. The van der Waals surface area contributed by atoms with Gasteiger partial charge in [-0.2, -0.15) is 0 Å². The molecule has 1 aliphatic rings. The number of nitrogens with one attached hydrogen (secondary N) is 1. The fourth-order valence-corrected chi connectivity index (χ4v) is 2.35. The molecule has 0 bridgehead atoms. The molecule has 0 amide bonds. The molecule has 1 unspecified atom stereocenters. The van der Waals surface area contributed by atoms with Gasteiger partial charge in [0, 0.05) is 20.1 Å². The molecule has 1 fully saturated rings. The summed E-state index contributed by atoms with van der Waals surface area (Å²) in [4.78, 5) is 22.3. The second kappa shape index (κ2) is 4.75. The Morgan fingerprint density at radius 3 is 3.12 bits per heavy atom. The maximum Gasteiger partial charge on any atom is 0.276 e. The van der Waals surface area contributed by atoms with Crippen molar-refractivity contribution in [3.63, 3.8) is 0 Å². The molecule has 1 saturated heterocycles. The fraction of sp³-hybridized carbons (Fsp3) is 0.636. The van der Waals surface area contributed by atoms with Crippen LogP contribution in [-0.2, 0) is 0 Å². The minimum Gasteiger partial charge on any atom is -0.391 e. The Labute approximate surface area is 100 Å². The normalized spacial score (nSPS) is 20.7. The van der Waals surface area contributed by atoms with Crippen molar-refractivity contribution in [2.45, 2.75) is 6.42 Å². The molecule has 0 radical (unpaired) electrons. The maximum atomic E-state index is 11.4. The minimum atomic E-state index is -0.273. The summed E-state index contributed by atoms with van der Waals surface area (Å²) < 4.78 is 0. The van der Waals surface area contributed by atoms with Crippen LogP contribution in [0.3, 0.4) is 0 Å². The smallest absolute Gasteiger partial charge is 0.276 e. The van der Waals surface area contributed by atoms with Crippen molar-refractivity contribution in [2.75, 3.05) is 44.4 Å². The average molecular weight is 237 g/mol. The molecule has 1 atom stereocenters. The van der Waals surface area contributed by atoms with Crippen LogP contribution in [0.4, 0.5) is 11.5 Å². The number of rotatable bonds is 3. The molecule has 3 N–H and O–H groups in total. The highest BCUT2D eigenvalue weighted by Crippen LogP contribution is 2.19. The van der Waals surface area contributed by atoms with Crippen molar-refractivity contribution < 1.29 is 0 Å². The Morgan fingerprint density at radius 2 is 2.47 bits per heavy atom. The van der Waals surface area contributed by atoms with E-state index < -0.39 is 0 Å². The molecule has 1 aromatic rings. The number of hydrogen-bond acceptors (Lipinski definition) is 5. The van der Waals surface area contributed by atoms with Gasteiger partial charge in [-0.1, -0.05) is 0 Å². The average Bonchev–Trinajstić information content (AvgIpc) is 2.68. The zero-order valence-electron chi connectivity index (χ0n) is 10.3. The number of nitrogens with zero attached hydrogens (tertiary/aromatic N) is 3. The zero-order valence-corrected chi connectivity index (χ0v) is 10.3. The first-order valence-electron chi connectivity index (χ1n) is 5.80. The zero-order chi connectivity index (χ0) is 12.4. The number of nitrogen functional groups attached to an aromatic ring is 1. The van der Waals surface area contributed by atoms with Gasteiger partial charge in [0.05, 0.1) is 6.33 Å². The third-order valence-corrected chi connectivity index (χ3v) is 3.25. The number of nitrogens with two attached hydrogens (primary N) is 1. The maximum absolute atomic E-state index is 11.4. The van der Waals surface area contributed by atoms with Crippen molar-refractivity contribution in [3.8, 4) is 0 Å². The van der Waals surface area contributed by atoms with Gasteiger partial charge in [-0.05, 0) is 25.9 Å². The Balaban J connectivity index is 2.07. The van der Waals surface area contributed by atoms with Crippen molar-refractivity contribution in [1.29, 1.82) is 0 Å². The molecule has 94 valence electrons. The predicted octanol–water partition coefficient (Wildman–Crippen LogP) is -0.260. The second-order valence-electron chi connectivity index (χ2n) is 4.77. The lowest BCUT2D eigenvalue weighted by Crippen LogP contribution is -2.30. The van der Waals surface area contributed by atoms with Crippen molar-refractivity contribution in [2.24, 2.45) is 5.92 Å². The Morgan fingerprint density at radius 1 is 1.71 bits per heavy atom. The predicted molar refractivity (Wildman–Crippen MR) is 68.1 cm³/mol. The number of aromatic amines is 1. The van der Waals surface area contributed by atoms with Gasteiger partial charge in [-0.3, -0.25) is 4.79 Å². The fourth-order valence-electron chi connectivity index (χ4n) is 2.35. The highest BCUT2D eigenvalue weighted by atomic mass is 16.1. The lowest BCUT2D eigenvalue weighted by Gasteiger charge is -2.22. The van der Waals surface area contributed by atoms with Gasteiger partial charge in [0.15, 0.2) is 5.82 Å². The summed E-state index contributed by atoms with van der Waals surface area (Å²) in [6.07, 6.45) is 2.58. The van der Waals surface area contributed by atoms with E-state index in [4.69, 9.17) is 5.73 Å². The van der Waals surface area contributed by atoms with Crippen LogP contribution in [0.5, 0.6) is 0 Å². The highest BCUT2D eigenvalue weighted by Gasteiger charge is 2.22. The summed E-state index contributed by atoms with van der Waals surface area (Å²) in [6.45, 7) is 3.11. The van der Waals surface area contributed by atoms with E-state index in [9.17, 15) is 4.79 Å². The number of hydrogen-bond donors (Lipinski definition) is 2. The molecule has 0 aromatic carbocycles. The van der Waals surface area contributed by atoms with Crippen LogP contribution in [0.2, 0.25) is 0 Å². The molecule has 6 nitrogen and oxygen atoms in total. The summed E-state index contributed by atoms with van der Waals surface area (Å²) >= 11 is 0. The molecule has 1 aliphatic heterocycles. The first kappa shape index (κ1) is 11.9. The van der Waals surface area contributed by atoms with Gasteiger partial charge < -0.3 is 20.5 Å². The standard InChI is InChI=1S/C11H19N5O/c1-15-4-3-8(5-15)6-16(2)10-9(12)11(17)14-7-13-10/h7-8H,3-6,12H2,1-2H3,(H,13,14,17). The molecular weight excluding hydrogens is 218 g/mol. The third kappa shape index (κ3) is 2.58. The van der Waals surface area contributed by atoms with E-state index >= 15 is 0 Å². The largest absolute Gasteiger partial charge is 0.391 e. The number of aromatic nitrogens is 2. The summed E-state index contributed by atoms with van der Waals surface area (Å²) in [5, 5.41) is 0. The van der Waals surface area contributed by atoms with Gasteiger partial charge in [-0.15, -0.1) is 0 Å². The van der Waals surface area contributed by atoms with Crippen LogP contribution in [0, 0.1) is 5.92 Å². The van der Waals surface area contributed by atoms with E-state index in [-0.39, 0.29) is 11.2 Å². The van der Waals surface area contributed by atoms with Crippen molar-refractivity contribution in [3.05, 3.63) is 16.7 Å². The lowest BCUT2D eigenvalue weighted by molar-refractivity contribution is 0.395. The molecule has 2 rings (SSSR count). The topological polar surface area (TPSA) is 78.2 Å². The van der Waals surface area contributed by atoms with E-state index in [1.54, 1.807) is 0 Å². The van der Waals surface area contributed by atoms with Crippen molar-refractivity contribution >= 4 is 11.5 Å². The number of H-pyrrole nitrogens is 1. The second-order valence-corrected chi connectivity index (χ2v) is 4.77. The van der Waals surface area contributed by atoms with Gasteiger partial charge in [0.25, 0.3) is 5.56 Å². The van der Waals surface area contributed by atoms with Gasteiger partial charge in [0.1, 0.15) is 5.69 Å². The van der Waals surface area contributed by atoms with Crippen molar-refractivity contribution in [1.82, 2.24) is 14.9 Å². The highest BCUT2D eigenvalue weighted by molar-refractivity contribution is 5.60. The monoisotopic (exact) mass is 237 g/mol. The van der Waals surface area contributed by atoms with Crippen LogP contribution in [0.1, 0.15) is 6.42 Å². The van der Waals surface area contributed by atoms with E-state index in [1.807, 2.05) is 11.9 Å². The SMILES string of the molecule is CN1CCC(CN(C)c2nc[nH]c(=O)c2N)C1. The quantitative estimate of drug-likeness (QED) is 0.757. The van der Waals surface area contributed by atoms with Crippen LogP contribution in [0.15, 0.2) is 11.1 Å². The molecule has 6 heteroatoms. The van der Waals surface area contributed by atoms with E-state index in [1.165, 1.54) is 12.7 Å². The Kier molecular flexibility index (Phi) is 3.33. The van der Waals surface area contributed by atoms with Crippen LogP contribution >= 0.6 is 0 Å². The summed E-state index contributed by atoms with van der Waals surface area (Å²) in [7, 11) is 4.05. The Bertz CT molecular complexity index is 444. The first-order chi connectivity index (χ1) is 8.08. The summed E-state index contributed by atoms with van der Waals surface area (Å²) in [5.41, 5.74) is 5.65. The molecule has 1 aromatic heterocycles. The van der Waals surface area contributed by atoms with Crippen LogP contribution < -0.4 is 16.2 Å². The molecule has 2 heterocycles. The van der Waals surface area contributed by atoms with E-state index in [2.05, 4.69) is 21.9 Å². The number of likely N-dealkylation sites (tertiary alicyclic amines) is 1. The van der Waals surface area contributed by atoms with Gasteiger partial charge >= 0.3 is 0 Å². The summed E-state index contributed by atoms with van der Waals surface area (Å²) in [5.74, 6) is 1.19.